The Labute approximate surface area is 157 Å². The molecule has 0 aliphatic heterocycles. The molecule has 0 bridgehead atoms. The zero-order valence-corrected chi connectivity index (χ0v) is 16.1. The molecule has 26 heavy (non-hydrogen) atoms. The summed E-state index contributed by atoms with van der Waals surface area (Å²) < 4.78 is 0. The Kier molecular flexibility index (Phi) is 6.74. The van der Waals surface area contributed by atoms with Crippen LogP contribution in [0.2, 0.25) is 0 Å². The molecule has 7 heteroatoms. The van der Waals surface area contributed by atoms with Crippen molar-refractivity contribution in [2.24, 2.45) is 0 Å². The van der Waals surface area contributed by atoms with Crippen molar-refractivity contribution >= 4 is 23.3 Å². The van der Waals surface area contributed by atoms with E-state index in [1.54, 1.807) is 0 Å². The number of hydrogen-bond acceptors (Lipinski definition) is 4. The maximum absolute atomic E-state index is 12.5. The molecule has 0 radical (unpaired) electrons. The Morgan fingerprint density at radius 1 is 1.27 bits per heavy atom. The lowest BCUT2D eigenvalue weighted by Gasteiger charge is -2.26. The lowest BCUT2D eigenvalue weighted by Crippen LogP contribution is -2.50. The number of urea groups is 1. The fourth-order valence-corrected chi connectivity index (χ4v) is 3.50. The van der Waals surface area contributed by atoms with E-state index >= 15 is 0 Å². The molecule has 2 rings (SSSR count). The van der Waals surface area contributed by atoms with Gasteiger partial charge < -0.3 is 15.7 Å². The van der Waals surface area contributed by atoms with Crippen LogP contribution in [-0.2, 0) is 16.8 Å². The first-order valence-corrected chi connectivity index (χ1v) is 9.41. The fraction of sp³-hybridized carbons (Fsp3) is 0.421. The van der Waals surface area contributed by atoms with Crippen molar-refractivity contribution in [2.75, 3.05) is 0 Å². The number of carboxylic acids is 1. The van der Waals surface area contributed by atoms with Gasteiger partial charge in [0, 0.05) is 23.5 Å². The standard InChI is InChI=1S/C19H25N3O3S/c1-13-12-26-17(20-13)19(2,3)22-18(25)21-15(9-10-16(23)24)11-14-7-5-4-6-8-14/h4-8,12,15H,9-11H2,1-3H3,(H,23,24)(H2,21,22,25). The number of carbonyl (C=O) groups is 2. The Morgan fingerprint density at radius 2 is 1.96 bits per heavy atom. The van der Waals surface area contributed by atoms with E-state index < -0.39 is 11.5 Å². The molecule has 6 nitrogen and oxygen atoms in total. The maximum Gasteiger partial charge on any atom is 0.315 e. The van der Waals surface area contributed by atoms with E-state index in [1.807, 2.05) is 56.5 Å². The first-order chi connectivity index (χ1) is 12.3. The summed E-state index contributed by atoms with van der Waals surface area (Å²) in [5.41, 5.74) is 1.37. The summed E-state index contributed by atoms with van der Waals surface area (Å²) in [5, 5.41) is 17.6. The van der Waals surface area contributed by atoms with Crippen LogP contribution in [0.25, 0.3) is 0 Å². The Morgan fingerprint density at radius 3 is 2.54 bits per heavy atom. The molecule has 0 fully saturated rings. The van der Waals surface area contributed by atoms with Gasteiger partial charge in [0.2, 0.25) is 0 Å². The van der Waals surface area contributed by atoms with Crippen molar-refractivity contribution < 1.29 is 14.7 Å². The van der Waals surface area contributed by atoms with Gasteiger partial charge in [-0.2, -0.15) is 0 Å². The van der Waals surface area contributed by atoms with Gasteiger partial charge in [-0.15, -0.1) is 11.3 Å². The second kappa shape index (κ2) is 8.80. The van der Waals surface area contributed by atoms with Gasteiger partial charge in [-0.25, -0.2) is 9.78 Å². The predicted molar refractivity (Wildman–Crippen MR) is 102 cm³/mol. The van der Waals surface area contributed by atoms with Crippen LogP contribution in [0.15, 0.2) is 35.7 Å². The smallest absolute Gasteiger partial charge is 0.315 e. The van der Waals surface area contributed by atoms with Crippen LogP contribution in [0.3, 0.4) is 0 Å². The molecule has 1 unspecified atom stereocenters. The zero-order chi connectivity index (χ0) is 19.2. The molecule has 0 saturated carbocycles. The minimum atomic E-state index is -0.871. The SMILES string of the molecule is Cc1csc(C(C)(C)NC(=O)NC(CCC(=O)O)Cc2ccccc2)n1. The molecule has 140 valence electrons. The minimum absolute atomic E-state index is 0.00679. The van der Waals surface area contributed by atoms with E-state index in [-0.39, 0.29) is 18.5 Å². The monoisotopic (exact) mass is 375 g/mol. The molecule has 2 amide bonds. The summed E-state index contributed by atoms with van der Waals surface area (Å²) in [7, 11) is 0. The number of rotatable bonds is 8. The van der Waals surface area contributed by atoms with Crippen molar-refractivity contribution in [1.82, 2.24) is 15.6 Å². The lowest BCUT2D eigenvalue weighted by atomic mass is 10.0. The molecule has 1 heterocycles. The Balaban J connectivity index is 2.01. The molecule has 1 aromatic carbocycles. The van der Waals surface area contributed by atoms with Crippen LogP contribution < -0.4 is 10.6 Å². The molecule has 1 aromatic heterocycles. The number of amides is 2. The molecule has 2 aromatic rings. The highest BCUT2D eigenvalue weighted by Crippen LogP contribution is 2.23. The average molecular weight is 375 g/mol. The highest BCUT2D eigenvalue weighted by Gasteiger charge is 2.27. The van der Waals surface area contributed by atoms with Crippen molar-refractivity contribution in [2.45, 2.75) is 51.6 Å². The second-order valence-corrected chi connectivity index (χ2v) is 7.69. The van der Waals surface area contributed by atoms with Gasteiger partial charge in [-0.05, 0) is 39.2 Å². The van der Waals surface area contributed by atoms with Gasteiger partial charge in [0.05, 0.1) is 5.54 Å². The van der Waals surface area contributed by atoms with Crippen LogP contribution in [-0.4, -0.2) is 28.1 Å². The second-order valence-electron chi connectivity index (χ2n) is 6.84. The number of aliphatic carboxylic acids is 1. The maximum atomic E-state index is 12.5. The van der Waals surface area contributed by atoms with Crippen molar-refractivity contribution in [3.8, 4) is 0 Å². The van der Waals surface area contributed by atoms with Gasteiger partial charge in [-0.3, -0.25) is 4.79 Å². The highest BCUT2D eigenvalue weighted by molar-refractivity contribution is 7.09. The van der Waals surface area contributed by atoms with Gasteiger partial charge >= 0.3 is 12.0 Å². The molecule has 1 atom stereocenters. The van der Waals surface area contributed by atoms with Crippen LogP contribution in [0.5, 0.6) is 0 Å². The summed E-state index contributed by atoms with van der Waals surface area (Å²) >= 11 is 1.50. The van der Waals surface area contributed by atoms with Gasteiger partial charge in [0.1, 0.15) is 5.01 Å². The lowest BCUT2D eigenvalue weighted by molar-refractivity contribution is -0.137. The van der Waals surface area contributed by atoms with E-state index in [2.05, 4.69) is 15.6 Å². The molecular weight excluding hydrogens is 350 g/mol. The third kappa shape index (κ3) is 6.15. The minimum Gasteiger partial charge on any atom is -0.481 e. The highest BCUT2D eigenvalue weighted by atomic mass is 32.1. The van der Waals surface area contributed by atoms with Crippen LogP contribution in [0.4, 0.5) is 4.79 Å². The van der Waals surface area contributed by atoms with Gasteiger partial charge in [-0.1, -0.05) is 30.3 Å². The molecule has 0 saturated heterocycles. The van der Waals surface area contributed by atoms with Crippen LogP contribution >= 0.6 is 11.3 Å². The third-order valence-corrected chi connectivity index (χ3v) is 5.23. The molecular formula is C19H25N3O3S. The fourth-order valence-electron chi connectivity index (χ4n) is 2.62. The number of carbonyl (C=O) groups excluding carboxylic acids is 1. The number of benzene rings is 1. The topological polar surface area (TPSA) is 91.3 Å². The average Bonchev–Trinajstić information content (AvgIpc) is 3.00. The predicted octanol–water partition coefficient (Wildman–Crippen LogP) is 3.46. The van der Waals surface area contributed by atoms with E-state index in [9.17, 15) is 9.59 Å². The van der Waals surface area contributed by atoms with Gasteiger partial charge in [0.25, 0.3) is 0 Å². The van der Waals surface area contributed by atoms with E-state index in [4.69, 9.17) is 5.11 Å². The van der Waals surface area contributed by atoms with Crippen LogP contribution in [0, 0.1) is 6.92 Å². The largest absolute Gasteiger partial charge is 0.481 e. The summed E-state index contributed by atoms with van der Waals surface area (Å²) in [6.07, 6.45) is 0.958. The number of thiazole rings is 1. The Hall–Kier alpha value is -2.41. The number of aromatic nitrogens is 1. The summed E-state index contributed by atoms with van der Waals surface area (Å²) in [6, 6.07) is 9.13. The number of aryl methyl sites for hydroxylation is 1. The summed E-state index contributed by atoms with van der Waals surface area (Å²) in [6.45, 7) is 5.71. The van der Waals surface area contributed by atoms with Crippen molar-refractivity contribution in [3.05, 3.63) is 52.0 Å². The molecule has 0 aliphatic rings. The van der Waals surface area contributed by atoms with Crippen molar-refractivity contribution in [1.29, 1.82) is 0 Å². The number of nitrogens with zero attached hydrogens (tertiary/aromatic N) is 1. The third-order valence-electron chi connectivity index (χ3n) is 3.95. The first kappa shape index (κ1) is 19.9. The van der Waals surface area contributed by atoms with Crippen LogP contribution in [0.1, 0.15) is 43.0 Å². The number of hydrogen-bond donors (Lipinski definition) is 3. The van der Waals surface area contributed by atoms with E-state index in [0.717, 1.165) is 16.3 Å². The van der Waals surface area contributed by atoms with E-state index in [1.165, 1.54) is 11.3 Å². The van der Waals surface area contributed by atoms with Gasteiger partial charge in [0.15, 0.2) is 0 Å². The molecule has 0 spiro atoms. The summed E-state index contributed by atoms with van der Waals surface area (Å²) in [5.74, 6) is -0.871. The number of carboxylic acid groups (broad SMARTS) is 1. The first-order valence-electron chi connectivity index (χ1n) is 8.53. The normalized spacial score (nSPS) is 12.4. The van der Waals surface area contributed by atoms with Crippen molar-refractivity contribution in [3.63, 3.8) is 0 Å². The number of nitrogens with one attached hydrogen (secondary N) is 2. The zero-order valence-electron chi connectivity index (χ0n) is 15.3. The Bertz CT molecular complexity index is 743. The quantitative estimate of drug-likeness (QED) is 0.659. The molecule has 3 N–H and O–H groups in total. The summed E-state index contributed by atoms with van der Waals surface area (Å²) in [4.78, 5) is 27.9. The van der Waals surface area contributed by atoms with E-state index in [0.29, 0.717) is 12.8 Å². The molecule has 0 aliphatic carbocycles.